The zero-order chi connectivity index (χ0) is 14.4. The van der Waals surface area contributed by atoms with Crippen molar-refractivity contribution in [2.24, 2.45) is 0 Å². The van der Waals surface area contributed by atoms with Crippen LogP contribution in [0.3, 0.4) is 0 Å². The molecule has 0 radical (unpaired) electrons. The molecule has 0 amide bonds. The molecule has 1 heterocycles. The van der Waals surface area contributed by atoms with Crippen LogP contribution in [0.5, 0.6) is 0 Å². The molecule has 1 aliphatic rings. The molecule has 2 rings (SSSR count). The lowest BCUT2D eigenvalue weighted by Gasteiger charge is -2.42. The maximum Gasteiger partial charge on any atom is 0.0645 e. The van der Waals surface area contributed by atoms with E-state index < -0.39 is 0 Å². The van der Waals surface area contributed by atoms with Gasteiger partial charge in [-0.05, 0) is 44.5 Å². The Morgan fingerprint density at radius 3 is 2.70 bits per heavy atom. The molecule has 0 saturated carbocycles. The zero-order valence-electron chi connectivity index (χ0n) is 13.1. The highest BCUT2D eigenvalue weighted by atomic mass is 16.5. The van der Waals surface area contributed by atoms with Crippen LogP contribution in [-0.4, -0.2) is 43.3 Å². The van der Waals surface area contributed by atoms with Gasteiger partial charge in [-0.3, -0.25) is 4.90 Å². The molecule has 1 aromatic rings. The molecule has 0 atom stereocenters. The topological polar surface area (TPSA) is 24.5 Å². The molecule has 0 bridgehead atoms. The summed E-state index contributed by atoms with van der Waals surface area (Å²) in [4.78, 5) is 2.54. The maximum atomic E-state index is 5.61. The average Bonchev–Trinajstić information content (AvgIpc) is 2.43. The Balaban J connectivity index is 2.04. The summed E-state index contributed by atoms with van der Waals surface area (Å²) in [5.41, 5.74) is 3.06. The van der Waals surface area contributed by atoms with E-state index in [9.17, 15) is 0 Å². The second kappa shape index (κ2) is 7.21. The Hall–Kier alpha value is -0.900. The molecule has 1 aromatic carbocycles. The van der Waals surface area contributed by atoms with Gasteiger partial charge in [0.05, 0.1) is 13.2 Å². The summed E-state index contributed by atoms with van der Waals surface area (Å²) < 4.78 is 5.61. The van der Waals surface area contributed by atoms with Crippen molar-refractivity contribution < 1.29 is 4.74 Å². The number of nitrogens with zero attached hydrogens (tertiary/aromatic N) is 1. The van der Waals surface area contributed by atoms with Crippen LogP contribution in [-0.2, 0) is 17.7 Å². The number of nitrogens with one attached hydrogen (secondary N) is 1. The number of likely N-dealkylation sites (N-methyl/N-ethyl adjacent to an activating group) is 1. The number of benzene rings is 1. The van der Waals surface area contributed by atoms with Gasteiger partial charge in [0.25, 0.3) is 0 Å². The number of hydrogen-bond acceptors (Lipinski definition) is 3. The van der Waals surface area contributed by atoms with Crippen molar-refractivity contribution in [1.29, 1.82) is 0 Å². The van der Waals surface area contributed by atoms with Gasteiger partial charge in [-0.1, -0.05) is 31.2 Å². The summed E-state index contributed by atoms with van der Waals surface area (Å²) in [6.45, 7) is 12.5. The summed E-state index contributed by atoms with van der Waals surface area (Å²) in [6.07, 6.45) is 1.11. The van der Waals surface area contributed by atoms with Crippen LogP contribution in [0.25, 0.3) is 0 Å². The van der Waals surface area contributed by atoms with Crippen LogP contribution in [0, 0.1) is 0 Å². The number of rotatable bonds is 6. The van der Waals surface area contributed by atoms with Crippen molar-refractivity contribution in [3.63, 3.8) is 0 Å². The Morgan fingerprint density at radius 2 is 2.00 bits per heavy atom. The summed E-state index contributed by atoms with van der Waals surface area (Å²) in [6, 6.07) is 8.84. The third kappa shape index (κ3) is 4.05. The van der Waals surface area contributed by atoms with E-state index in [0.717, 1.165) is 45.8 Å². The van der Waals surface area contributed by atoms with E-state index in [2.05, 4.69) is 55.3 Å². The second-order valence-electron chi connectivity index (χ2n) is 6.16. The third-order valence-corrected chi connectivity index (χ3v) is 4.12. The first-order valence-electron chi connectivity index (χ1n) is 7.74. The predicted molar refractivity (Wildman–Crippen MR) is 84.0 cm³/mol. The Kier molecular flexibility index (Phi) is 5.58. The van der Waals surface area contributed by atoms with Crippen molar-refractivity contribution in [2.75, 3.05) is 32.8 Å². The number of ether oxygens (including phenoxy) is 1. The lowest BCUT2D eigenvalue weighted by Crippen LogP contribution is -2.52. The van der Waals surface area contributed by atoms with Crippen LogP contribution in [0.2, 0.25) is 0 Å². The predicted octanol–water partition coefficient (Wildman–Crippen LogP) is 2.45. The monoisotopic (exact) mass is 276 g/mol. The van der Waals surface area contributed by atoms with Crippen LogP contribution in [0.15, 0.2) is 24.3 Å². The van der Waals surface area contributed by atoms with Crippen molar-refractivity contribution in [2.45, 2.75) is 39.3 Å². The van der Waals surface area contributed by atoms with Gasteiger partial charge in [-0.25, -0.2) is 0 Å². The summed E-state index contributed by atoms with van der Waals surface area (Å²) >= 11 is 0. The molecule has 0 aliphatic carbocycles. The first-order chi connectivity index (χ1) is 9.63. The van der Waals surface area contributed by atoms with Crippen molar-refractivity contribution in [3.8, 4) is 0 Å². The highest BCUT2D eigenvalue weighted by Gasteiger charge is 2.30. The first kappa shape index (κ1) is 15.5. The largest absolute Gasteiger partial charge is 0.378 e. The standard InChI is InChI=1S/C17H28N2O/c1-4-18-10-9-15-7-5-6-8-16(15)13-19-11-12-20-14-17(19,2)3/h5-8,18H,4,9-14H2,1-3H3. The molecule has 0 spiro atoms. The summed E-state index contributed by atoms with van der Waals surface area (Å²) in [5, 5.41) is 3.41. The van der Waals surface area contributed by atoms with Crippen molar-refractivity contribution >= 4 is 0 Å². The van der Waals surface area contributed by atoms with Gasteiger partial charge in [0.15, 0.2) is 0 Å². The van der Waals surface area contributed by atoms with Crippen molar-refractivity contribution in [3.05, 3.63) is 35.4 Å². The lowest BCUT2D eigenvalue weighted by molar-refractivity contribution is -0.0553. The Morgan fingerprint density at radius 1 is 1.25 bits per heavy atom. The number of morpholine rings is 1. The average molecular weight is 276 g/mol. The van der Waals surface area contributed by atoms with E-state index in [1.807, 2.05) is 0 Å². The van der Waals surface area contributed by atoms with E-state index in [4.69, 9.17) is 4.74 Å². The highest BCUT2D eigenvalue weighted by molar-refractivity contribution is 5.27. The molecule has 0 aromatic heterocycles. The fourth-order valence-electron chi connectivity index (χ4n) is 2.74. The third-order valence-electron chi connectivity index (χ3n) is 4.12. The molecule has 112 valence electrons. The highest BCUT2D eigenvalue weighted by Crippen LogP contribution is 2.23. The minimum Gasteiger partial charge on any atom is -0.378 e. The molecule has 1 saturated heterocycles. The minimum atomic E-state index is 0.132. The maximum absolute atomic E-state index is 5.61. The van der Waals surface area contributed by atoms with Gasteiger partial charge < -0.3 is 10.1 Å². The minimum absolute atomic E-state index is 0.132. The van der Waals surface area contributed by atoms with E-state index in [1.165, 1.54) is 11.1 Å². The van der Waals surface area contributed by atoms with Crippen LogP contribution in [0.1, 0.15) is 31.9 Å². The van der Waals surface area contributed by atoms with Gasteiger partial charge in [0.2, 0.25) is 0 Å². The lowest BCUT2D eigenvalue weighted by atomic mass is 9.98. The van der Waals surface area contributed by atoms with Gasteiger partial charge in [-0.15, -0.1) is 0 Å². The molecule has 3 heteroatoms. The Bertz CT molecular complexity index is 417. The second-order valence-corrected chi connectivity index (χ2v) is 6.16. The van der Waals surface area contributed by atoms with Crippen LogP contribution >= 0.6 is 0 Å². The molecular weight excluding hydrogens is 248 g/mol. The molecule has 1 aliphatic heterocycles. The molecule has 1 N–H and O–H groups in total. The zero-order valence-corrected chi connectivity index (χ0v) is 13.1. The summed E-state index contributed by atoms with van der Waals surface area (Å²) in [7, 11) is 0. The van der Waals surface area contributed by atoms with Crippen LogP contribution < -0.4 is 5.32 Å². The van der Waals surface area contributed by atoms with Gasteiger partial charge in [-0.2, -0.15) is 0 Å². The normalized spacial score (nSPS) is 19.1. The van der Waals surface area contributed by atoms with Crippen molar-refractivity contribution in [1.82, 2.24) is 10.2 Å². The van der Waals surface area contributed by atoms with Gasteiger partial charge in [0, 0.05) is 18.6 Å². The van der Waals surface area contributed by atoms with Crippen LogP contribution in [0.4, 0.5) is 0 Å². The molecular formula is C17H28N2O. The molecule has 3 nitrogen and oxygen atoms in total. The molecule has 20 heavy (non-hydrogen) atoms. The molecule has 0 unspecified atom stereocenters. The quantitative estimate of drug-likeness (QED) is 0.808. The van der Waals surface area contributed by atoms with Gasteiger partial charge >= 0.3 is 0 Å². The SMILES string of the molecule is CCNCCc1ccccc1CN1CCOCC1(C)C. The number of hydrogen-bond donors (Lipinski definition) is 1. The first-order valence-corrected chi connectivity index (χ1v) is 7.74. The van der Waals surface area contributed by atoms with Gasteiger partial charge in [0.1, 0.15) is 0 Å². The fourth-order valence-corrected chi connectivity index (χ4v) is 2.74. The van der Waals surface area contributed by atoms with E-state index in [-0.39, 0.29) is 5.54 Å². The van der Waals surface area contributed by atoms with E-state index in [0.29, 0.717) is 0 Å². The summed E-state index contributed by atoms with van der Waals surface area (Å²) in [5.74, 6) is 0. The fraction of sp³-hybridized carbons (Fsp3) is 0.647. The smallest absolute Gasteiger partial charge is 0.0645 e. The Labute approximate surface area is 123 Å². The molecule has 1 fully saturated rings. The van der Waals surface area contributed by atoms with E-state index >= 15 is 0 Å². The van der Waals surface area contributed by atoms with E-state index in [1.54, 1.807) is 0 Å².